The topological polar surface area (TPSA) is 33.2 Å². The lowest BCUT2D eigenvalue weighted by Crippen LogP contribution is -2.30. The standard InChI is InChI=1S/C18H20N2O/c1-20-12-6-5-9-16(18(20)21)17-11-10-15(13-19-17)14-7-3-2-4-8-14/h2-4,7-8,10-11,13,16H,5-6,9,12H2,1H3. The second-order valence-electron chi connectivity index (χ2n) is 5.65. The van der Waals surface area contributed by atoms with Crippen molar-refractivity contribution in [1.29, 1.82) is 0 Å². The van der Waals surface area contributed by atoms with E-state index in [0.717, 1.165) is 42.6 Å². The number of rotatable bonds is 2. The smallest absolute Gasteiger partial charge is 0.231 e. The highest BCUT2D eigenvalue weighted by molar-refractivity contribution is 5.83. The van der Waals surface area contributed by atoms with Gasteiger partial charge in [0.25, 0.3) is 0 Å². The number of hydrogen-bond acceptors (Lipinski definition) is 2. The van der Waals surface area contributed by atoms with Gasteiger partial charge in [-0.1, -0.05) is 42.8 Å². The molecular weight excluding hydrogens is 260 g/mol. The number of carbonyl (C=O) groups excluding carboxylic acids is 1. The number of benzene rings is 1. The van der Waals surface area contributed by atoms with Gasteiger partial charge in [-0.25, -0.2) is 0 Å². The molecule has 0 N–H and O–H groups in total. The van der Waals surface area contributed by atoms with E-state index in [1.54, 1.807) is 0 Å². The Morgan fingerprint density at radius 2 is 1.86 bits per heavy atom. The minimum absolute atomic E-state index is 0.0812. The number of likely N-dealkylation sites (tertiary alicyclic amines) is 1. The van der Waals surface area contributed by atoms with Gasteiger partial charge in [0.1, 0.15) is 0 Å². The van der Waals surface area contributed by atoms with Crippen molar-refractivity contribution in [2.75, 3.05) is 13.6 Å². The molecule has 1 aliphatic rings. The Kier molecular flexibility index (Phi) is 4.00. The van der Waals surface area contributed by atoms with Crippen molar-refractivity contribution in [3.63, 3.8) is 0 Å². The van der Waals surface area contributed by atoms with Gasteiger partial charge < -0.3 is 4.90 Å². The molecule has 3 rings (SSSR count). The third kappa shape index (κ3) is 2.97. The summed E-state index contributed by atoms with van der Waals surface area (Å²) in [6.07, 6.45) is 4.95. The van der Waals surface area contributed by atoms with E-state index in [4.69, 9.17) is 0 Å². The Labute approximate surface area is 125 Å². The van der Waals surface area contributed by atoms with Crippen LogP contribution in [0.2, 0.25) is 0 Å². The second-order valence-corrected chi connectivity index (χ2v) is 5.65. The van der Waals surface area contributed by atoms with Gasteiger partial charge in [-0.15, -0.1) is 0 Å². The van der Waals surface area contributed by atoms with Crippen LogP contribution in [0.5, 0.6) is 0 Å². The summed E-state index contributed by atoms with van der Waals surface area (Å²) >= 11 is 0. The Hall–Kier alpha value is -2.16. The van der Waals surface area contributed by atoms with E-state index in [0.29, 0.717) is 0 Å². The Balaban J connectivity index is 1.85. The van der Waals surface area contributed by atoms with E-state index in [2.05, 4.69) is 23.2 Å². The van der Waals surface area contributed by atoms with Crippen LogP contribution in [0.15, 0.2) is 48.7 Å². The zero-order chi connectivity index (χ0) is 14.7. The number of hydrogen-bond donors (Lipinski definition) is 0. The first-order valence-electron chi connectivity index (χ1n) is 7.52. The average Bonchev–Trinajstić information content (AvgIpc) is 2.71. The van der Waals surface area contributed by atoms with Crippen molar-refractivity contribution >= 4 is 5.91 Å². The predicted octanol–water partition coefficient (Wildman–Crippen LogP) is 3.47. The van der Waals surface area contributed by atoms with Crippen LogP contribution in [0.4, 0.5) is 0 Å². The monoisotopic (exact) mass is 280 g/mol. The average molecular weight is 280 g/mol. The van der Waals surface area contributed by atoms with E-state index in [9.17, 15) is 4.79 Å². The molecule has 1 amide bonds. The fourth-order valence-electron chi connectivity index (χ4n) is 2.88. The van der Waals surface area contributed by atoms with Crippen molar-refractivity contribution in [3.8, 4) is 11.1 Å². The molecule has 3 heteroatoms. The molecule has 1 aromatic carbocycles. The van der Waals surface area contributed by atoms with Crippen LogP contribution in [-0.4, -0.2) is 29.4 Å². The number of carbonyl (C=O) groups is 1. The minimum atomic E-state index is -0.0812. The highest BCUT2D eigenvalue weighted by Gasteiger charge is 2.27. The van der Waals surface area contributed by atoms with Gasteiger partial charge in [-0.3, -0.25) is 9.78 Å². The van der Waals surface area contributed by atoms with Crippen LogP contribution in [0, 0.1) is 0 Å². The molecule has 1 aromatic heterocycles. The highest BCUT2D eigenvalue weighted by atomic mass is 16.2. The van der Waals surface area contributed by atoms with Crippen LogP contribution in [-0.2, 0) is 4.79 Å². The maximum Gasteiger partial charge on any atom is 0.231 e. The zero-order valence-corrected chi connectivity index (χ0v) is 12.3. The largest absolute Gasteiger partial charge is 0.345 e. The Morgan fingerprint density at radius 3 is 2.57 bits per heavy atom. The lowest BCUT2D eigenvalue weighted by Gasteiger charge is -2.19. The molecule has 2 heterocycles. The molecule has 3 nitrogen and oxygen atoms in total. The minimum Gasteiger partial charge on any atom is -0.345 e. The fourth-order valence-corrected chi connectivity index (χ4v) is 2.88. The molecule has 0 spiro atoms. The summed E-state index contributed by atoms with van der Waals surface area (Å²) in [5, 5.41) is 0. The van der Waals surface area contributed by atoms with Crippen molar-refractivity contribution < 1.29 is 4.79 Å². The second kappa shape index (κ2) is 6.08. The number of nitrogens with zero attached hydrogens (tertiary/aromatic N) is 2. The molecule has 1 atom stereocenters. The molecule has 0 saturated carbocycles. The summed E-state index contributed by atoms with van der Waals surface area (Å²) in [6, 6.07) is 14.3. The first-order valence-corrected chi connectivity index (χ1v) is 7.52. The first-order chi connectivity index (χ1) is 10.3. The van der Waals surface area contributed by atoms with Gasteiger partial charge in [0.15, 0.2) is 0 Å². The molecule has 1 saturated heterocycles. The predicted molar refractivity (Wildman–Crippen MR) is 83.9 cm³/mol. The van der Waals surface area contributed by atoms with Crippen LogP contribution < -0.4 is 0 Å². The summed E-state index contributed by atoms with van der Waals surface area (Å²) in [5.74, 6) is 0.120. The van der Waals surface area contributed by atoms with Crippen molar-refractivity contribution in [2.24, 2.45) is 0 Å². The molecule has 1 unspecified atom stereocenters. The van der Waals surface area contributed by atoms with E-state index in [-0.39, 0.29) is 11.8 Å². The Morgan fingerprint density at radius 1 is 1.05 bits per heavy atom. The van der Waals surface area contributed by atoms with Crippen LogP contribution in [0.1, 0.15) is 30.9 Å². The van der Waals surface area contributed by atoms with Gasteiger partial charge in [0.2, 0.25) is 5.91 Å². The zero-order valence-electron chi connectivity index (χ0n) is 12.3. The first kappa shape index (κ1) is 13.8. The van der Waals surface area contributed by atoms with E-state index < -0.39 is 0 Å². The van der Waals surface area contributed by atoms with E-state index in [1.165, 1.54) is 0 Å². The van der Waals surface area contributed by atoms with Gasteiger partial charge in [0.05, 0.1) is 11.6 Å². The third-order valence-electron chi connectivity index (χ3n) is 4.16. The van der Waals surface area contributed by atoms with E-state index in [1.807, 2.05) is 42.4 Å². The summed E-state index contributed by atoms with van der Waals surface area (Å²) in [6.45, 7) is 0.859. The lowest BCUT2D eigenvalue weighted by molar-refractivity contribution is -0.131. The molecule has 2 aromatic rings. The maximum atomic E-state index is 12.4. The molecule has 21 heavy (non-hydrogen) atoms. The number of pyridine rings is 1. The fraction of sp³-hybridized carbons (Fsp3) is 0.333. The molecule has 0 radical (unpaired) electrons. The molecule has 108 valence electrons. The number of likely N-dealkylation sites (N-methyl/N-ethyl adjacent to an activating group) is 1. The number of amides is 1. The van der Waals surface area contributed by atoms with Crippen molar-refractivity contribution in [1.82, 2.24) is 9.88 Å². The van der Waals surface area contributed by atoms with Gasteiger partial charge in [0, 0.05) is 25.4 Å². The normalized spacial score (nSPS) is 19.4. The summed E-state index contributed by atoms with van der Waals surface area (Å²) in [4.78, 5) is 18.8. The summed E-state index contributed by atoms with van der Waals surface area (Å²) < 4.78 is 0. The lowest BCUT2D eigenvalue weighted by atomic mass is 9.97. The summed E-state index contributed by atoms with van der Waals surface area (Å²) in [5.41, 5.74) is 3.14. The molecular formula is C18H20N2O. The van der Waals surface area contributed by atoms with Gasteiger partial charge in [-0.05, 0) is 24.5 Å². The highest BCUT2D eigenvalue weighted by Crippen LogP contribution is 2.27. The van der Waals surface area contributed by atoms with Crippen LogP contribution in [0.25, 0.3) is 11.1 Å². The van der Waals surface area contributed by atoms with Gasteiger partial charge >= 0.3 is 0 Å². The SMILES string of the molecule is CN1CCCCC(c2ccc(-c3ccccc3)cn2)C1=O. The Bertz CT molecular complexity index is 607. The van der Waals surface area contributed by atoms with Crippen LogP contribution >= 0.6 is 0 Å². The van der Waals surface area contributed by atoms with Gasteiger partial charge in [-0.2, -0.15) is 0 Å². The third-order valence-corrected chi connectivity index (χ3v) is 4.16. The number of aromatic nitrogens is 1. The maximum absolute atomic E-state index is 12.4. The van der Waals surface area contributed by atoms with Crippen molar-refractivity contribution in [3.05, 3.63) is 54.4 Å². The molecule has 0 aliphatic carbocycles. The summed E-state index contributed by atoms with van der Waals surface area (Å²) in [7, 11) is 1.89. The van der Waals surface area contributed by atoms with Crippen molar-refractivity contribution in [2.45, 2.75) is 25.2 Å². The van der Waals surface area contributed by atoms with E-state index >= 15 is 0 Å². The molecule has 1 fully saturated rings. The quantitative estimate of drug-likeness (QED) is 0.844. The molecule has 1 aliphatic heterocycles. The molecule has 0 bridgehead atoms. The van der Waals surface area contributed by atoms with Crippen LogP contribution in [0.3, 0.4) is 0 Å².